The molecule has 0 aromatic rings. The predicted octanol–water partition coefficient (Wildman–Crippen LogP) is 4.56. The van der Waals surface area contributed by atoms with E-state index in [2.05, 4.69) is 59.1 Å². The largest absolute Gasteiger partial charge is 0.379 e. The van der Waals surface area contributed by atoms with Gasteiger partial charge in [0.15, 0.2) is 5.78 Å². The van der Waals surface area contributed by atoms with Crippen LogP contribution >= 0.6 is 11.8 Å². The zero-order valence-electron chi connectivity index (χ0n) is 25.2. The highest BCUT2D eigenvalue weighted by atomic mass is 32.2. The molecule has 0 aromatic heterocycles. The van der Waals surface area contributed by atoms with Crippen LogP contribution in [0, 0.1) is 0 Å². The molecule has 0 unspecified atom stereocenters. The number of Topliss-reactive ketones (excluding diaryl/α,β-unsaturated/α-hetero) is 1. The standard InChI is InChI=1S/C28H59N3O4S/c1-25(2,3)31-23(22-34-18-12-11-13-20-36-21-16-29)24(32)28(8,9)30-17-14-27(6,7)35-19-15-26(4,5)33-10/h23,30-31H,11-22,29H2,1-10H3/t23-/m0/s1. The van der Waals surface area contributed by atoms with E-state index in [1.165, 1.54) is 6.42 Å². The third-order valence-electron chi connectivity index (χ3n) is 6.21. The molecule has 0 aliphatic carbocycles. The Balaban J connectivity index is 4.65. The molecule has 0 heterocycles. The number of hydrogen-bond acceptors (Lipinski definition) is 8. The molecule has 0 aliphatic rings. The zero-order chi connectivity index (χ0) is 27.9. The Kier molecular flexibility index (Phi) is 17.3. The van der Waals surface area contributed by atoms with E-state index in [1.807, 2.05) is 25.6 Å². The molecule has 36 heavy (non-hydrogen) atoms. The summed E-state index contributed by atoms with van der Waals surface area (Å²) in [7, 11) is 1.73. The van der Waals surface area contributed by atoms with E-state index in [0.717, 1.165) is 43.7 Å². The van der Waals surface area contributed by atoms with Crippen molar-refractivity contribution in [1.29, 1.82) is 0 Å². The van der Waals surface area contributed by atoms with Crippen molar-refractivity contribution in [1.82, 2.24) is 10.6 Å². The predicted molar refractivity (Wildman–Crippen MR) is 155 cm³/mol. The fourth-order valence-electron chi connectivity index (χ4n) is 3.62. The number of thioether (sulfide) groups is 1. The number of ether oxygens (including phenoxy) is 3. The summed E-state index contributed by atoms with van der Waals surface area (Å²) >= 11 is 1.91. The van der Waals surface area contributed by atoms with Gasteiger partial charge in [-0.25, -0.2) is 0 Å². The smallest absolute Gasteiger partial charge is 0.171 e. The Labute approximate surface area is 227 Å². The zero-order valence-corrected chi connectivity index (χ0v) is 26.0. The average Bonchev–Trinajstić information content (AvgIpc) is 2.75. The molecule has 0 fully saturated rings. The van der Waals surface area contributed by atoms with Crippen molar-refractivity contribution in [3.8, 4) is 0 Å². The lowest BCUT2D eigenvalue weighted by atomic mass is 9.91. The van der Waals surface area contributed by atoms with Gasteiger partial charge < -0.3 is 30.6 Å². The first kappa shape index (κ1) is 35.8. The van der Waals surface area contributed by atoms with Crippen molar-refractivity contribution in [2.45, 2.75) is 123 Å². The summed E-state index contributed by atoms with van der Waals surface area (Å²) in [6.45, 7) is 21.6. The van der Waals surface area contributed by atoms with Crippen LogP contribution in [0.3, 0.4) is 0 Å². The van der Waals surface area contributed by atoms with Gasteiger partial charge in [-0.15, -0.1) is 0 Å². The monoisotopic (exact) mass is 533 g/mol. The van der Waals surface area contributed by atoms with E-state index in [1.54, 1.807) is 7.11 Å². The lowest BCUT2D eigenvalue weighted by Gasteiger charge is -2.35. The van der Waals surface area contributed by atoms with Gasteiger partial charge in [-0.2, -0.15) is 11.8 Å². The minimum atomic E-state index is -0.680. The first-order valence-corrected chi connectivity index (χ1v) is 14.8. The molecule has 216 valence electrons. The average molecular weight is 534 g/mol. The quantitative estimate of drug-likeness (QED) is 0.174. The maximum atomic E-state index is 13.5. The number of rotatable bonds is 22. The molecule has 0 aliphatic heterocycles. The van der Waals surface area contributed by atoms with Crippen LogP contribution in [0.25, 0.3) is 0 Å². The number of nitrogens with two attached hydrogens (primary N) is 1. The highest BCUT2D eigenvalue weighted by Gasteiger charge is 2.35. The molecule has 4 N–H and O–H groups in total. The molecule has 0 amide bonds. The van der Waals surface area contributed by atoms with Crippen molar-refractivity contribution in [3.05, 3.63) is 0 Å². The Bertz CT molecular complexity index is 592. The highest BCUT2D eigenvalue weighted by Crippen LogP contribution is 2.19. The molecule has 1 atom stereocenters. The minimum Gasteiger partial charge on any atom is -0.379 e. The molecule has 0 rings (SSSR count). The molecule has 7 nitrogen and oxygen atoms in total. The lowest BCUT2D eigenvalue weighted by molar-refractivity contribution is -0.128. The molecule has 0 radical (unpaired) electrons. The number of nitrogens with one attached hydrogen (secondary N) is 2. The fraction of sp³-hybridized carbons (Fsp3) is 0.964. The van der Waals surface area contributed by atoms with Crippen LogP contribution in [-0.4, -0.2) is 85.6 Å². The molecule has 0 spiro atoms. The topological polar surface area (TPSA) is 94.8 Å². The maximum Gasteiger partial charge on any atom is 0.171 e. The van der Waals surface area contributed by atoms with E-state index < -0.39 is 5.54 Å². The van der Waals surface area contributed by atoms with E-state index in [4.69, 9.17) is 19.9 Å². The Morgan fingerprint density at radius 2 is 1.56 bits per heavy atom. The Morgan fingerprint density at radius 1 is 0.889 bits per heavy atom. The second kappa shape index (κ2) is 17.4. The molecular formula is C28H59N3O4S. The van der Waals surface area contributed by atoms with Gasteiger partial charge in [0.2, 0.25) is 0 Å². The van der Waals surface area contributed by atoms with Crippen molar-refractivity contribution >= 4 is 17.5 Å². The van der Waals surface area contributed by atoms with Crippen LogP contribution in [0.2, 0.25) is 0 Å². The second-order valence-corrected chi connectivity index (χ2v) is 13.7. The first-order chi connectivity index (χ1) is 16.6. The SMILES string of the molecule is COC(C)(C)CCOC(C)(C)CCNC(C)(C)C(=O)[C@H](COCCCCCSCCN)NC(C)(C)C. The molecule has 0 aromatic carbocycles. The van der Waals surface area contributed by atoms with Gasteiger partial charge in [0.25, 0.3) is 0 Å². The van der Waals surface area contributed by atoms with Gasteiger partial charge in [-0.3, -0.25) is 4.79 Å². The van der Waals surface area contributed by atoms with Crippen molar-refractivity contribution in [3.63, 3.8) is 0 Å². The maximum absolute atomic E-state index is 13.5. The van der Waals surface area contributed by atoms with Crippen molar-refractivity contribution in [2.24, 2.45) is 5.73 Å². The van der Waals surface area contributed by atoms with Gasteiger partial charge in [0, 0.05) is 31.6 Å². The summed E-state index contributed by atoms with van der Waals surface area (Å²) in [4.78, 5) is 13.5. The van der Waals surface area contributed by atoms with E-state index in [0.29, 0.717) is 26.4 Å². The number of carbonyl (C=O) groups is 1. The molecule has 0 saturated heterocycles. The summed E-state index contributed by atoms with van der Waals surface area (Å²) in [5, 5.41) is 6.95. The van der Waals surface area contributed by atoms with Crippen molar-refractivity contribution < 1.29 is 19.0 Å². The second-order valence-electron chi connectivity index (χ2n) is 12.5. The Hall–Kier alpha value is -0.220. The molecule has 8 heteroatoms. The van der Waals surface area contributed by atoms with Crippen LogP contribution in [-0.2, 0) is 19.0 Å². The summed E-state index contributed by atoms with van der Waals surface area (Å²) < 4.78 is 17.6. The van der Waals surface area contributed by atoms with Crippen LogP contribution in [0.15, 0.2) is 0 Å². The van der Waals surface area contributed by atoms with Gasteiger partial charge >= 0.3 is 0 Å². The van der Waals surface area contributed by atoms with Gasteiger partial charge in [0.05, 0.1) is 36.0 Å². The van der Waals surface area contributed by atoms with E-state index >= 15 is 0 Å². The van der Waals surface area contributed by atoms with Crippen LogP contribution in [0.1, 0.15) is 94.4 Å². The number of unbranched alkanes of at least 4 members (excludes halogenated alkanes) is 2. The molecular weight excluding hydrogens is 474 g/mol. The summed E-state index contributed by atoms with van der Waals surface area (Å²) in [5.74, 6) is 2.30. The van der Waals surface area contributed by atoms with Crippen LogP contribution in [0.5, 0.6) is 0 Å². The number of carbonyl (C=O) groups excluding carboxylic acids is 1. The van der Waals surface area contributed by atoms with Gasteiger partial charge in [-0.05, 0) is 100 Å². The summed E-state index contributed by atoms with van der Waals surface area (Å²) in [6.07, 6.45) is 4.96. The summed E-state index contributed by atoms with van der Waals surface area (Å²) in [5.41, 5.74) is 4.18. The minimum absolute atomic E-state index is 0.121. The first-order valence-electron chi connectivity index (χ1n) is 13.7. The van der Waals surface area contributed by atoms with E-state index in [9.17, 15) is 4.79 Å². The lowest BCUT2D eigenvalue weighted by Crippen LogP contribution is -2.60. The van der Waals surface area contributed by atoms with Crippen molar-refractivity contribution in [2.75, 3.05) is 51.5 Å². The molecule has 0 saturated carbocycles. The fourth-order valence-corrected chi connectivity index (χ4v) is 4.40. The Morgan fingerprint density at radius 3 is 2.14 bits per heavy atom. The molecule has 0 bridgehead atoms. The number of hydrogen-bond donors (Lipinski definition) is 3. The normalized spacial score (nSPS) is 14.3. The van der Waals surface area contributed by atoms with Gasteiger partial charge in [-0.1, -0.05) is 6.42 Å². The van der Waals surface area contributed by atoms with Crippen LogP contribution < -0.4 is 16.4 Å². The van der Waals surface area contributed by atoms with E-state index in [-0.39, 0.29) is 28.6 Å². The number of ketones is 1. The third-order valence-corrected chi connectivity index (χ3v) is 7.31. The van der Waals surface area contributed by atoms with Gasteiger partial charge in [0.1, 0.15) is 0 Å². The highest BCUT2D eigenvalue weighted by molar-refractivity contribution is 7.99. The summed E-state index contributed by atoms with van der Waals surface area (Å²) in [6, 6.07) is -0.367. The number of methoxy groups -OCH3 is 1. The third kappa shape index (κ3) is 18.1. The van der Waals surface area contributed by atoms with Crippen LogP contribution in [0.4, 0.5) is 0 Å².